The summed E-state index contributed by atoms with van der Waals surface area (Å²) in [4.78, 5) is 26.2. The number of anilines is 2. The lowest BCUT2D eigenvalue weighted by atomic mass is 10.2. The highest BCUT2D eigenvalue weighted by atomic mass is 32.1. The first kappa shape index (κ1) is 17.8. The molecule has 0 saturated heterocycles. The van der Waals surface area contributed by atoms with E-state index in [0.717, 1.165) is 23.4 Å². The van der Waals surface area contributed by atoms with Gasteiger partial charge in [-0.15, -0.1) is 0 Å². The van der Waals surface area contributed by atoms with Gasteiger partial charge in [0.25, 0.3) is 0 Å². The Bertz CT molecular complexity index is 902. The van der Waals surface area contributed by atoms with E-state index in [1.165, 1.54) is 0 Å². The maximum absolute atomic E-state index is 12.1. The minimum atomic E-state index is -0.772. The third kappa shape index (κ3) is 4.56. The van der Waals surface area contributed by atoms with Gasteiger partial charge in [0.1, 0.15) is 0 Å². The summed E-state index contributed by atoms with van der Waals surface area (Å²) < 4.78 is 0. The highest BCUT2D eigenvalue weighted by Crippen LogP contribution is 2.22. The molecule has 3 N–H and O–H groups in total. The molecule has 2 heterocycles. The number of carbonyl (C=O) groups is 2. The Balaban J connectivity index is 1.61. The van der Waals surface area contributed by atoms with Crippen LogP contribution in [0.3, 0.4) is 0 Å². The molecule has 2 aromatic heterocycles. The van der Waals surface area contributed by atoms with Gasteiger partial charge in [0.15, 0.2) is 5.82 Å². The van der Waals surface area contributed by atoms with Crippen molar-refractivity contribution in [3.05, 3.63) is 52.7 Å². The first-order chi connectivity index (χ1) is 12.5. The zero-order valence-corrected chi connectivity index (χ0v) is 15.3. The minimum Gasteiger partial charge on any atom is -0.318 e. The number of carbonyl (C=O) groups excluding carboxylic acids is 2. The van der Waals surface area contributed by atoms with Crippen molar-refractivity contribution < 1.29 is 9.59 Å². The van der Waals surface area contributed by atoms with E-state index in [0.29, 0.717) is 11.5 Å². The van der Waals surface area contributed by atoms with Gasteiger partial charge in [-0.1, -0.05) is 12.1 Å². The number of rotatable bonds is 5. The predicted octanol–water partition coefficient (Wildman–Crippen LogP) is 2.78. The van der Waals surface area contributed by atoms with Crippen molar-refractivity contribution in [3.8, 4) is 11.3 Å². The largest absolute Gasteiger partial charge is 0.318 e. The molecule has 0 saturated carbocycles. The molecule has 3 rings (SSSR count). The second kappa shape index (κ2) is 7.94. The van der Waals surface area contributed by atoms with E-state index in [4.69, 9.17) is 0 Å². The maximum atomic E-state index is 12.1. The quantitative estimate of drug-likeness (QED) is 0.603. The van der Waals surface area contributed by atoms with Gasteiger partial charge in [-0.25, -0.2) is 0 Å². The van der Waals surface area contributed by atoms with Crippen LogP contribution in [0, 0.1) is 0 Å². The number of hydrogen-bond donors (Lipinski definition) is 3. The SMILES string of the molecule is CN(C)Cc1cccc(NC(=O)C(=O)Nc2cc(-c3ccsc3)[nH]n2)c1. The van der Waals surface area contributed by atoms with Crippen molar-refractivity contribution in [2.24, 2.45) is 0 Å². The number of nitrogens with one attached hydrogen (secondary N) is 3. The summed E-state index contributed by atoms with van der Waals surface area (Å²) >= 11 is 1.57. The molecule has 0 spiro atoms. The lowest BCUT2D eigenvalue weighted by Gasteiger charge is -2.11. The standard InChI is InChI=1S/C18H19N5O2S/c1-23(2)10-12-4-3-5-14(8-12)19-17(24)18(25)20-16-9-15(21-22-16)13-6-7-26-11-13/h3-9,11H,10H2,1-2H3,(H,19,24)(H2,20,21,22,25). The van der Waals surface area contributed by atoms with Crippen LogP contribution < -0.4 is 10.6 Å². The Morgan fingerprint density at radius 2 is 1.96 bits per heavy atom. The van der Waals surface area contributed by atoms with Gasteiger partial charge in [0.2, 0.25) is 0 Å². The molecular weight excluding hydrogens is 350 g/mol. The van der Waals surface area contributed by atoms with Crippen molar-refractivity contribution in [1.82, 2.24) is 15.1 Å². The van der Waals surface area contributed by atoms with Crippen LogP contribution >= 0.6 is 11.3 Å². The molecule has 134 valence electrons. The Morgan fingerprint density at radius 1 is 1.15 bits per heavy atom. The molecule has 8 heteroatoms. The average molecular weight is 369 g/mol. The van der Waals surface area contributed by atoms with Crippen LogP contribution in [0.1, 0.15) is 5.56 Å². The van der Waals surface area contributed by atoms with Crippen LogP contribution in [0.5, 0.6) is 0 Å². The van der Waals surface area contributed by atoms with E-state index < -0.39 is 11.8 Å². The summed E-state index contributed by atoms with van der Waals surface area (Å²) in [6, 6.07) is 11.0. The third-order valence-electron chi connectivity index (χ3n) is 3.54. The number of aromatic amines is 1. The molecule has 0 fully saturated rings. The van der Waals surface area contributed by atoms with E-state index in [2.05, 4.69) is 20.8 Å². The lowest BCUT2D eigenvalue weighted by molar-refractivity contribution is -0.133. The molecule has 0 aliphatic heterocycles. The monoisotopic (exact) mass is 369 g/mol. The highest BCUT2D eigenvalue weighted by Gasteiger charge is 2.16. The zero-order valence-electron chi connectivity index (χ0n) is 14.4. The molecule has 0 bridgehead atoms. The van der Waals surface area contributed by atoms with Gasteiger partial charge in [0, 0.05) is 29.2 Å². The van der Waals surface area contributed by atoms with Gasteiger partial charge in [-0.2, -0.15) is 16.4 Å². The molecule has 2 amide bonds. The van der Waals surface area contributed by atoms with Gasteiger partial charge in [-0.05, 0) is 43.2 Å². The van der Waals surface area contributed by atoms with Crippen molar-refractivity contribution in [2.45, 2.75) is 6.54 Å². The number of aromatic nitrogens is 2. The van der Waals surface area contributed by atoms with Crippen LogP contribution in [0.25, 0.3) is 11.3 Å². The number of nitrogens with zero attached hydrogens (tertiary/aromatic N) is 2. The van der Waals surface area contributed by atoms with Crippen LogP contribution in [0.4, 0.5) is 11.5 Å². The number of amides is 2. The van der Waals surface area contributed by atoms with Crippen LogP contribution in [-0.4, -0.2) is 41.0 Å². The molecule has 3 aromatic rings. The summed E-state index contributed by atoms with van der Waals surface area (Å²) in [5.41, 5.74) is 3.37. The second-order valence-electron chi connectivity index (χ2n) is 6.03. The van der Waals surface area contributed by atoms with E-state index in [1.54, 1.807) is 23.5 Å². The molecule has 26 heavy (non-hydrogen) atoms. The van der Waals surface area contributed by atoms with Crippen molar-refractivity contribution >= 4 is 34.7 Å². The zero-order chi connectivity index (χ0) is 18.5. The van der Waals surface area contributed by atoms with Gasteiger partial charge in [0.05, 0.1) is 5.69 Å². The van der Waals surface area contributed by atoms with E-state index in [9.17, 15) is 9.59 Å². The van der Waals surface area contributed by atoms with Crippen molar-refractivity contribution in [2.75, 3.05) is 24.7 Å². The lowest BCUT2D eigenvalue weighted by Crippen LogP contribution is -2.29. The summed E-state index contributed by atoms with van der Waals surface area (Å²) in [5, 5.41) is 15.9. The minimum absolute atomic E-state index is 0.299. The van der Waals surface area contributed by atoms with E-state index in [-0.39, 0.29) is 0 Å². The Kier molecular flexibility index (Phi) is 5.45. The predicted molar refractivity (Wildman–Crippen MR) is 103 cm³/mol. The molecular formula is C18H19N5O2S. The fourth-order valence-corrected chi connectivity index (χ4v) is 3.08. The number of benzene rings is 1. The van der Waals surface area contributed by atoms with Gasteiger partial charge >= 0.3 is 11.8 Å². The number of thiophene rings is 1. The normalized spacial score (nSPS) is 10.7. The molecule has 0 atom stereocenters. The highest BCUT2D eigenvalue weighted by molar-refractivity contribution is 7.08. The summed E-state index contributed by atoms with van der Waals surface area (Å²) in [6.07, 6.45) is 0. The molecule has 0 aliphatic carbocycles. The van der Waals surface area contributed by atoms with Crippen LogP contribution in [0.15, 0.2) is 47.2 Å². The fraction of sp³-hybridized carbons (Fsp3) is 0.167. The third-order valence-corrected chi connectivity index (χ3v) is 4.22. The summed E-state index contributed by atoms with van der Waals surface area (Å²) in [6.45, 7) is 0.745. The first-order valence-corrected chi connectivity index (χ1v) is 8.89. The molecule has 7 nitrogen and oxygen atoms in total. The maximum Gasteiger partial charge on any atom is 0.315 e. The Labute approximate surface area is 155 Å². The fourth-order valence-electron chi connectivity index (χ4n) is 2.42. The number of H-pyrrole nitrogens is 1. The van der Waals surface area contributed by atoms with E-state index >= 15 is 0 Å². The Hall–Kier alpha value is -2.97. The van der Waals surface area contributed by atoms with Crippen molar-refractivity contribution in [3.63, 3.8) is 0 Å². The van der Waals surface area contributed by atoms with Crippen molar-refractivity contribution in [1.29, 1.82) is 0 Å². The first-order valence-electron chi connectivity index (χ1n) is 7.95. The topological polar surface area (TPSA) is 90.1 Å². The smallest absolute Gasteiger partial charge is 0.315 e. The van der Waals surface area contributed by atoms with Crippen LogP contribution in [-0.2, 0) is 16.1 Å². The molecule has 0 unspecified atom stereocenters. The molecule has 0 aliphatic rings. The van der Waals surface area contributed by atoms with Crippen LogP contribution in [0.2, 0.25) is 0 Å². The van der Waals surface area contributed by atoms with E-state index in [1.807, 2.05) is 54.0 Å². The average Bonchev–Trinajstić information content (AvgIpc) is 3.25. The van der Waals surface area contributed by atoms with Gasteiger partial charge in [-0.3, -0.25) is 14.7 Å². The molecule has 1 aromatic carbocycles. The summed E-state index contributed by atoms with van der Waals surface area (Å²) in [5.74, 6) is -1.22. The van der Waals surface area contributed by atoms with Gasteiger partial charge < -0.3 is 15.5 Å². The second-order valence-corrected chi connectivity index (χ2v) is 6.81. The molecule has 0 radical (unpaired) electrons. The summed E-state index contributed by atoms with van der Waals surface area (Å²) in [7, 11) is 3.93. The number of hydrogen-bond acceptors (Lipinski definition) is 5. The Morgan fingerprint density at radius 3 is 2.69 bits per heavy atom.